The predicted molar refractivity (Wildman–Crippen MR) is 119 cm³/mol. The Morgan fingerprint density at radius 1 is 1.07 bits per heavy atom. The second-order valence-corrected chi connectivity index (χ2v) is 7.55. The quantitative estimate of drug-likeness (QED) is 0.431. The van der Waals surface area contributed by atoms with E-state index >= 15 is 0 Å². The maximum Gasteiger partial charge on any atom is 0.335 e. The number of hydrogen-bond donors (Lipinski definition) is 2. The van der Waals surface area contributed by atoms with Crippen LogP contribution in [0.15, 0.2) is 54.6 Å². The van der Waals surface area contributed by atoms with Crippen molar-refractivity contribution in [1.29, 1.82) is 0 Å². The second kappa shape index (κ2) is 9.74. The average molecular weight is 446 g/mol. The number of nitrogens with one attached hydrogen (secondary N) is 1. The summed E-state index contributed by atoms with van der Waals surface area (Å²) in [5.41, 5.74) is 3.67. The van der Waals surface area contributed by atoms with Gasteiger partial charge in [-0.1, -0.05) is 35.3 Å². The largest absolute Gasteiger partial charge is 0.493 e. The fraction of sp³-hybridized carbons (Fsp3) is 0.174. The standard InChI is InChI=1S/C23H21Cl2NO4/c1-14-8-16(23(27)28)6-7-20(14)26-12-17-10-21(29-2)22(11-19(17)25)30-13-15-4-3-5-18(24)9-15/h3-11,26H,12-13H2,1-2H3,(H,27,28). The number of ether oxygens (including phenoxy) is 2. The molecule has 0 amide bonds. The van der Waals surface area contributed by atoms with E-state index in [1.807, 2.05) is 31.2 Å². The van der Waals surface area contributed by atoms with Crippen molar-refractivity contribution >= 4 is 34.9 Å². The molecule has 0 atom stereocenters. The number of halogens is 2. The smallest absolute Gasteiger partial charge is 0.335 e. The summed E-state index contributed by atoms with van der Waals surface area (Å²) < 4.78 is 11.3. The summed E-state index contributed by atoms with van der Waals surface area (Å²) in [6.07, 6.45) is 0. The molecule has 2 N–H and O–H groups in total. The van der Waals surface area contributed by atoms with Gasteiger partial charge in [-0.3, -0.25) is 0 Å². The lowest BCUT2D eigenvalue weighted by atomic mass is 10.1. The van der Waals surface area contributed by atoms with E-state index in [9.17, 15) is 4.79 Å². The summed E-state index contributed by atoms with van der Waals surface area (Å²) in [5, 5.41) is 13.5. The second-order valence-electron chi connectivity index (χ2n) is 6.70. The van der Waals surface area contributed by atoms with Gasteiger partial charge in [0, 0.05) is 28.3 Å². The van der Waals surface area contributed by atoms with E-state index < -0.39 is 5.97 Å². The zero-order chi connectivity index (χ0) is 21.7. The van der Waals surface area contributed by atoms with Gasteiger partial charge in [-0.05, 0) is 60.0 Å². The van der Waals surface area contributed by atoms with Gasteiger partial charge in [-0.25, -0.2) is 4.79 Å². The van der Waals surface area contributed by atoms with E-state index in [2.05, 4.69) is 5.32 Å². The van der Waals surface area contributed by atoms with Crippen LogP contribution < -0.4 is 14.8 Å². The minimum Gasteiger partial charge on any atom is -0.493 e. The molecule has 0 fully saturated rings. The number of hydrogen-bond acceptors (Lipinski definition) is 4. The average Bonchev–Trinajstić information content (AvgIpc) is 2.72. The van der Waals surface area contributed by atoms with Gasteiger partial charge in [0.1, 0.15) is 6.61 Å². The molecule has 0 saturated heterocycles. The number of methoxy groups -OCH3 is 1. The van der Waals surface area contributed by atoms with Gasteiger partial charge in [-0.2, -0.15) is 0 Å². The molecule has 3 aromatic rings. The fourth-order valence-electron chi connectivity index (χ4n) is 2.96. The highest BCUT2D eigenvalue weighted by atomic mass is 35.5. The van der Waals surface area contributed by atoms with E-state index in [0.717, 1.165) is 22.4 Å². The number of anilines is 1. The molecule has 3 rings (SSSR count). The Morgan fingerprint density at radius 2 is 1.87 bits per heavy atom. The Balaban J connectivity index is 1.73. The number of carboxylic acids is 1. The summed E-state index contributed by atoms with van der Waals surface area (Å²) in [5.74, 6) is 0.148. The molecule has 0 aliphatic heterocycles. The number of benzene rings is 3. The molecule has 3 aromatic carbocycles. The normalized spacial score (nSPS) is 10.5. The minimum atomic E-state index is -0.953. The van der Waals surface area contributed by atoms with Gasteiger partial charge in [0.15, 0.2) is 11.5 Å². The number of carboxylic acid groups (broad SMARTS) is 1. The van der Waals surface area contributed by atoms with E-state index in [1.54, 1.807) is 37.4 Å². The maximum atomic E-state index is 11.1. The van der Waals surface area contributed by atoms with Crippen molar-refractivity contribution < 1.29 is 19.4 Å². The van der Waals surface area contributed by atoms with E-state index in [4.69, 9.17) is 37.8 Å². The number of carbonyl (C=O) groups is 1. The van der Waals surface area contributed by atoms with Crippen molar-refractivity contribution in [2.75, 3.05) is 12.4 Å². The highest BCUT2D eigenvalue weighted by Gasteiger charge is 2.12. The first-order chi connectivity index (χ1) is 14.4. The Morgan fingerprint density at radius 3 is 2.53 bits per heavy atom. The summed E-state index contributed by atoms with van der Waals surface area (Å²) in [6, 6.07) is 15.9. The Hall–Kier alpha value is -2.89. The Kier molecular flexibility index (Phi) is 7.08. The monoisotopic (exact) mass is 445 g/mol. The number of aryl methyl sites for hydroxylation is 1. The summed E-state index contributed by atoms with van der Waals surface area (Å²) >= 11 is 12.5. The lowest BCUT2D eigenvalue weighted by Crippen LogP contribution is -2.05. The maximum absolute atomic E-state index is 11.1. The van der Waals surface area contributed by atoms with Crippen LogP contribution in [0, 0.1) is 6.92 Å². The van der Waals surface area contributed by atoms with Gasteiger partial charge in [0.2, 0.25) is 0 Å². The molecule has 0 aromatic heterocycles. The van der Waals surface area contributed by atoms with Crippen LogP contribution in [0.5, 0.6) is 11.5 Å². The van der Waals surface area contributed by atoms with Crippen molar-refractivity contribution in [1.82, 2.24) is 0 Å². The first-order valence-electron chi connectivity index (χ1n) is 9.19. The molecule has 30 heavy (non-hydrogen) atoms. The summed E-state index contributed by atoms with van der Waals surface area (Å²) in [6.45, 7) is 2.63. The van der Waals surface area contributed by atoms with E-state index in [0.29, 0.717) is 34.7 Å². The topological polar surface area (TPSA) is 67.8 Å². The van der Waals surface area contributed by atoms with E-state index in [-0.39, 0.29) is 5.56 Å². The van der Waals surface area contributed by atoms with Crippen LogP contribution in [0.1, 0.15) is 27.0 Å². The Labute approximate surface area is 185 Å². The predicted octanol–water partition coefficient (Wildman–Crippen LogP) is 6.20. The van der Waals surface area contributed by atoms with Crippen LogP contribution in [0.4, 0.5) is 5.69 Å². The molecule has 0 spiro atoms. The van der Waals surface area contributed by atoms with Crippen molar-refractivity contribution in [3.8, 4) is 11.5 Å². The van der Waals surface area contributed by atoms with Crippen molar-refractivity contribution in [3.63, 3.8) is 0 Å². The van der Waals surface area contributed by atoms with Gasteiger partial charge in [0.05, 0.1) is 12.7 Å². The molecule has 0 unspecified atom stereocenters. The van der Waals surface area contributed by atoms with Crippen LogP contribution in [0.3, 0.4) is 0 Å². The molecule has 0 aliphatic carbocycles. The van der Waals surface area contributed by atoms with Gasteiger partial charge >= 0.3 is 5.97 Å². The fourth-order valence-corrected chi connectivity index (χ4v) is 3.39. The van der Waals surface area contributed by atoms with Crippen LogP contribution in [0.25, 0.3) is 0 Å². The molecule has 0 bridgehead atoms. The minimum absolute atomic E-state index is 0.249. The highest BCUT2D eigenvalue weighted by molar-refractivity contribution is 6.31. The summed E-state index contributed by atoms with van der Waals surface area (Å²) in [7, 11) is 1.57. The molecule has 0 saturated carbocycles. The molecule has 0 aliphatic rings. The SMILES string of the molecule is COc1cc(CNc2ccc(C(=O)O)cc2C)c(Cl)cc1OCc1cccc(Cl)c1. The van der Waals surface area contributed by atoms with Crippen LogP contribution in [0.2, 0.25) is 10.0 Å². The van der Waals surface area contributed by atoms with Crippen molar-refractivity contribution in [2.24, 2.45) is 0 Å². The van der Waals surface area contributed by atoms with Gasteiger partial charge < -0.3 is 19.9 Å². The molecule has 0 heterocycles. The highest BCUT2D eigenvalue weighted by Crippen LogP contribution is 2.34. The molecule has 7 heteroatoms. The Bertz CT molecular complexity index is 1070. The van der Waals surface area contributed by atoms with Crippen LogP contribution >= 0.6 is 23.2 Å². The molecular formula is C23H21Cl2NO4. The third kappa shape index (κ3) is 5.38. The lowest BCUT2D eigenvalue weighted by molar-refractivity contribution is 0.0697. The van der Waals surface area contributed by atoms with E-state index in [1.165, 1.54) is 0 Å². The van der Waals surface area contributed by atoms with Crippen LogP contribution in [-0.4, -0.2) is 18.2 Å². The third-order valence-corrected chi connectivity index (χ3v) is 5.15. The summed E-state index contributed by atoms with van der Waals surface area (Å²) in [4.78, 5) is 11.1. The lowest BCUT2D eigenvalue weighted by Gasteiger charge is -2.15. The van der Waals surface area contributed by atoms with Crippen molar-refractivity contribution in [2.45, 2.75) is 20.1 Å². The number of aromatic carboxylic acids is 1. The van der Waals surface area contributed by atoms with Gasteiger partial charge in [0.25, 0.3) is 0 Å². The third-order valence-electron chi connectivity index (χ3n) is 4.56. The van der Waals surface area contributed by atoms with Crippen LogP contribution in [-0.2, 0) is 13.2 Å². The molecular weight excluding hydrogens is 425 g/mol. The molecule has 5 nitrogen and oxygen atoms in total. The molecule has 156 valence electrons. The van der Waals surface area contributed by atoms with Gasteiger partial charge in [-0.15, -0.1) is 0 Å². The van der Waals surface area contributed by atoms with Crippen molar-refractivity contribution in [3.05, 3.63) is 86.9 Å². The first-order valence-corrected chi connectivity index (χ1v) is 9.94. The zero-order valence-corrected chi connectivity index (χ0v) is 18.1. The molecule has 0 radical (unpaired) electrons. The zero-order valence-electron chi connectivity index (χ0n) is 16.5. The first kappa shape index (κ1) is 21.8. The number of rotatable bonds is 8.